The highest BCUT2D eigenvalue weighted by Gasteiger charge is 2.29. The van der Waals surface area contributed by atoms with Gasteiger partial charge >= 0.3 is 5.92 Å². The Bertz CT molecular complexity index is 1250. The standard InChI is InChI=1S/C19H14ClF2N7O/c1-19(21,22)18-24-8-7-13(26-18)14-12-9-25-15(17(30)23-2)27-16(12)29(28-14)11-5-3-10(20)4-6-11/h3-9H,1-2H3,(H,23,30). The number of halogens is 3. The Labute approximate surface area is 174 Å². The second-order valence-corrected chi connectivity index (χ2v) is 6.84. The van der Waals surface area contributed by atoms with Crippen LogP contribution in [-0.2, 0) is 5.92 Å². The summed E-state index contributed by atoms with van der Waals surface area (Å²) in [7, 11) is 1.46. The summed E-state index contributed by atoms with van der Waals surface area (Å²) in [6.07, 6.45) is 2.65. The van der Waals surface area contributed by atoms with Crippen molar-refractivity contribution < 1.29 is 13.6 Å². The van der Waals surface area contributed by atoms with Crippen LogP contribution < -0.4 is 5.32 Å². The Morgan fingerprint density at radius 2 is 1.87 bits per heavy atom. The average molecular weight is 430 g/mol. The fraction of sp³-hybridized carbons (Fsp3) is 0.158. The third-order valence-electron chi connectivity index (χ3n) is 4.22. The van der Waals surface area contributed by atoms with Gasteiger partial charge < -0.3 is 5.32 Å². The maximum Gasteiger partial charge on any atom is 0.303 e. The number of carbonyl (C=O) groups excluding carboxylic acids is 1. The molecule has 30 heavy (non-hydrogen) atoms. The van der Waals surface area contributed by atoms with E-state index in [9.17, 15) is 13.6 Å². The van der Waals surface area contributed by atoms with Gasteiger partial charge in [0.25, 0.3) is 5.91 Å². The normalized spacial score (nSPS) is 11.6. The fourth-order valence-corrected chi connectivity index (χ4v) is 2.90. The van der Waals surface area contributed by atoms with Gasteiger partial charge in [-0.05, 0) is 30.3 Å². The molecule has 0 fully saturated rings. The van der Waals surface area contributed by atoms with Crippen LogP contribution in [0.25, 0.3) is 28.1 Å². The first-order chi connectivity index (χ1) is 14.3. The molecule has 0 aliphatic rings. The molecular formula is C19H14ClF2N7O. The summed E-state index contributed by atoms with van der Waals surface area (Å²) in [5.74, 6) is -4.38. The molecule has 0 radical (unpaired) electrons. The first kappa shape index (κ1) is 19.8. The molecule has 0 bridgehead atoms. The molecule has 3 aromatic heterocycles. The fourth-order valence-electron chi connectivity index (χ4n) is 2.78. The quantitative estimate of drug-likeness (QED) is 0.534. The van der Waals surface area contributed by atoms with Crippen LogP contribution in [0.15, 0.2) is 42.7 Å². The van der Waals surface area contributed by atoms with Crippen LogP contribution in [0, 0.1) is 0 Å². The molecule has 0 aliphatic carbocycles. The molecule has 1 N–H and O–H groups in total. The van der Waals surface area contributed by atoms with Crippen molar-refractivity contribution in [1.82, 2.24) is 35.0 Å². The van der Waals surface area contributed by atoms with Gasteiger partial charge in [0, 0.05) is 31.4 Å². The van der Waals surface area contributed by atoms with E-state index in [2.05, 4.69) is 30.4 Å². The zero-order valence-corrected chi connectivity index (χ0v) is 16.5. The minimum Gasteiger partial charge on any atom is -0.352 e. The summed E-state index contributed by atoms with van der Waals surface area (Å²) in [5.41, 5.74) is 1.36. The lowest BCUT2D eigenvalue weighted by atomic mass is 10.2. The SMILES string of the molecule is CNC(=O)c1ncc2c(-c3ccnc(C(C)(F)F)n3)nn(-c3ccc(Cl)cc3)c2n1. The Kier molecular flexibility index (Phi) is 4.86. The molecule has 0 unspecified atom stereocenters. The van der Waals surface area contributed by atoms with Gasteiger partial charge in [-0.15, -0.1) is 0 Å². The molecule has 152 valence electrons. The molecular weight excluding hydrogens is 416 g/mol. The van der Waals surface area contributed by atoms with Gasteiger partial charge in [0.05, 0.1) is 16.8 Å². The summed E-state index contributed by atoms with van der Waals surface area (Å²) in [6.45, 7) is 0.718. The van der Waals surface area contributed by atoms with Gasteiger partial charge in [-0.25, -0.2) is 24.6 Å². The minimum atomic E-state index is -3.21. The number of hydrogen-bond acceptors (Lipinski definition) is 6. The second kappa shape index (κ2) is 7.38. The van der Waals surface area contributed by atoms with E-state index in [1.165, 1.54) is 30.2 Å². The van der Waals surface area contributed by atoms with E-state index >= 15 is 0 Å². The highest BCUT2D eigenvalue weighted by Crippen LogP contribution is 2.30. The van der Waals surface area contributed by atoms with Gasteiger partial charge in [-0.3, -0.25) is 4.79 Å². The van der Waals surface area contributed by atoms with Crippen molar-refractivity contribution in [2.45, 2.75) is 12.8 Å². The number of alkyl halides is 2. The van der Waals surface area contributed by atoms with Crippen LogP contribution >= 0.6 is 11.6 Å². The van der Waals surface area contributed by atoms with E-state index in [0.29, 0.717) is 21.7 Å². The van der Waals surface area contributed by atoms with Crippen LogP contribution in [0.1, 0.15) is 23.4 Å². The number of aromatic nitrogens is 6. The Hall–Kier alpha value is -3.53. The van der Waals surface area contributed by atoms with E-state index in [0.717, 1.165) is 6.92 Å². The Balaban J connectivity index is 1.97. The Morgan fingerprint density at radius 3 is 2.53 bits per heavy atom. The maximum absolute atomic E-state index is 13.7. The highest BCUT2D eigenvalue weighted by molar-refractivity contribution is 6.30. The van der Waals surface area contributed by atoms with Crippen molar-refractivity contribution in [3.05, 3.63) is 59.4 Å². The van der Waals surface area contributed by atoms with E-state index in [1.54, 1.807) is 24.3 Å². The third kappa shape index (κ3) is 3.57. The molecule has 0 atom stereocenters. The van der Waals surface area contributed by atoms with Crippen molar-refractivity contribution in [3.63, 3.8) is 0 Å². The van der Waals surface area contributed by atoms with E-state index in [1.807, 2.05) is 0 Å². The molecule has 4 aromatic rings. The topological polar surface area (TPSA) is 98.5 Å². The monoisotopic (exact) mass is 429 g/mol. The second-order valence-electron chi connectivity index (χ2n) is 6.40. The van der Waals surface area contributed by atoms with E-state index < -0.39 is 17.7 Å². The molecule has 1 amide bonds. The van der Waals surface area contributed by atoms with Crippen LogP contribution in [0.5, 0.6) is 0 Å². The number of nitrogens with one attached hydrogen (secondary N) is 1. The predicted octanol–water partition coefficient (Wildman–Crippen LogP) is 3.40. The van der Waals surface area contributed by atoms with Crippen LogP contribution in [0.2, 0.25) is 5.02 Å². The first-order valence-corrected chi connectivity index (χ1v) is 9.11. The van der Waals surface area contributed by atoms with E-state index in [-0.39, 0.29) is 17.2 Å². The predicted molar refractivity (Wildman–Crippen MR) is 106 cm³/mol. The van der Waals surface area contributed by atoms with Crippen LogP contribution in [-0.4, -0.2) is 42.7 Å². The van der Waals surface area contributed by atoms with Gasteiger partial charge in [-0.1, -0.05) is 11.6 Å². The van der Waals surface area contributed by atoms with Crippen molar-refractivity contribution in [2.24, 2.45) is 0 Å². The molecule has 3 heterocycles. The molecule has 8 nitrogen and oxygen atoms in total. The Morgan fingerprint density at radius 1 is 1.13 bits per heavy atom. The average Bonchev–Trinajstić information content (AvgIpc) is 3.12. The van der Waals surface area contributed by atoms with Gasteiger partial charge in [0.15, 0.2) is 11.5 Å². The summed E-state index contributed by atoms with van der Waals surface area (Å²) in [4.78, 5) is 28.0. The number of amides is 1. The van der Waals surface area contributed by atoms with Gasteiger partial charge in [-0.2, -0.15) is 13.9 Å². The number of fused-ring (bicyclic) bond motifs is 1. The molecule has 11 heteroatoms. The van der Waals surface area contributed by atoms with Crippen molar-refractivity contribution >= 4 is 28.5 Å². The zero-order chi connectivity index (χ0) is 21.5. The van der Waals surface area contributed by atoms with Crippen LogP contribution in [0.3, 0.4) is 0 Å². The third-order valence-corrected chi connectivity index (χ3v) is 4.47. The molecule has 0 aliphatic heterocycles. The van der Waals surface area contributed by atoms with Gasteiger partial charge in [0.2, 0.25) is 5.82 Å². The van der Waals surface area contributed by atoms with E-state index in [4.69, 9.17) is 11.6 Å². The molecule has 0 saturated heterocycles. The van der Waals surface area contributed by atoms with Gasteiger partial charge in [0.1, 0.15) is 5.69 Å². The molecule has 0 saturated carbocycles. The summed E-state index contributed by atoms with van der Waals surface area (Å²) < 4.78 is 28.9. The number of carbonyl (C=O) groups is 1. The summed E-state index contributed by atoms with van der Waals surface area (Å²) in [5, 5.41) is 7.93. The maximum atomic E-state index is 13.7. The summed E-state index contributed by atoms with van der Waals surface area (Å²) >= 11 is 5.97. The number of hydrogen-bond donors (Lipinski definition) is 1. The molecule has 1 aromatic carbocycles. The van der Waals surface area contributed by atoms with Crippen molar-refractivity contribution in [1.29, 1.82) is 0 Å². The lowest BCUT2D eigenvalue weighted by Crippen LogP contribution is -2.20. The number of nitrogens with zero attached hydrogens (tertiary/aromatic N) is 6. The molecule has 4 rings (SSSR count). The summed E-state index contributed by atoms with van der Waals surface area (Å²) in [6, 6.07) is 8.24. The van der Waals surface area contributed by atoms with Crippen molar-refractivity contribution in [2.75, 3.05) is 7.05 Å². The first-order valence-electron chi connectivity index (χ1n) is 8.73. The van der Waals surface area contributed by atoms with Crippen LogP contribution in [0.4, 0.5) is 8.78 Å². The zero-order valence-electron chi connectivity index (χ0n) is 15.8. The molecule has 0 spiro atoms. The smallest absolute Gasteiger partial charge is 0.303 e. The largest absolute Gasteiger partial charge is 0.352 e. The van der Waals surface area contributed by atoms with Crippen molar-refractivity contribution in [3.8, 4) is 17.1 Å². The highest BCUT2D eigenvalue weighted by atomic mass is 35.5. The lowest BCUT2D eigenvalue weighted by molar-refractivity contribution is 0.00778. The minimum absolute atomic E-state index is 0.0601. The lowest BCUT2D eigenvalue weighted by Gasteiger charge is -2.08. The number of benzene rings is 1. The number of rotatable bonds is 4.